The molecule has 1 heterocycles. The zero-order chi connectivity index (χ0) is 14.0. The molecule has 3 nitrogen and oxygen atoms in total. The number of hydrogen-bond donors (Lipinski definition) is 0. The minimum Gasteiger partial charge on any atom is -0.192 e. The number of aryl methyl sites for hydroxylation is 1. The number of allylic oxidation sites excluding steroid dienone is 4. The van der Waals surface area contributed by atoms with Gasteiger partial charge in [-0.05, 0) is 32.9 Å². The number of azo groups is 1. The van der Waals surface area contributed by atoms with Crippen LogP contribution in [0.5, 0.6) is 0 Å². The van der Waals surface area contributed by atoms with Gasteiger partial charge in [-0.25, -0.2) is 0 Å². The van der Waals surface area contributed by atoms with Crippen molar-refractivity contribution in [2.24, 2.45) is 10.2 Å². The topological polar surface area (TPSA) is 48.5 Å². The normalized spacial score (nSPS) is 11.4. The van der Waals surface area contributed by atoms with Crippen molar-refractivity contribution in [1.29, 1.82) is 5.26 Å². The fourth-order valence-corrected chi connectivity index (χ4v) is 1.81. The van der Waals surface area contributed by atoms with Gasteiger partial charge >= 0.3 is 0 Å². The quantitative estimate of drug-likeness (QED) is 0.522. The number of nitrogens with zero attached hydrogens (tertiary/aromatic N) is 3. The Morgan fingerprint density at radius 2 is 2.11 bits per heavy atom. The SMILES string of the molecule is C/C=C\C=C(/C)N=Nc1cc(C#N)c(C)s1.CC. The molecule has 0 amide bonds. The Morgan fingerprint density at radius 3 is 2.61 bits per heavy atom. The van der Waals surface area contributed by atoms with Crippen LogP contribution in [-0.2, 0) is 0 Å². The maximum absolute atomic E-state index is 8.79. The van der Waals surface area contributed by atoms with Crippen LogP contribution in [0.3, 0.4) is 0 Å². The molecule has 0 bridgehead atoms. The molecule has 18 heavy (non-hydrogen) atoms. The highest BCUT2D eigenvalue weighted by Crippen LogP contribution is 2.28. The predicted octanol–water partition coefficient (Wildman–Crippen LogP) is 5.52. The summed E-state index contributed by atoms with van der Waals surface area (Å²) in [4.78, 5) is 0.978. The molecule has 1 aromatic rings. The second-order valence-electron chi connectivity index (χ2n) is 3.20. The van der Waals surface area contributed by atoms with Crippen LogP contribution in [0, 0.1) is 18.3 Å². The van der Waals surface area contributed by atoms with Crippen LogP contribution in [0.4, 0.5) is 5.00 Å². The molecular formula is C14H19N3S. The summed E-state index contributed by atoms with van der Waals surface area (Å²) in [5.74, 6) is 0. The van der Waals surface area contributed by atoms with E-state index in [0.29, 0.717) is 5.56 Å². The molecule has 0 saturated carbocycles. The minimum atomic E-state index is 0.675. The first-order valence-electron chi connectivity index (χ1n) is 5.89. The van der Waals surface area contributed by atoms with Gasteiger partial charge in [-0.1, -0.05) is 26.0 Å². The van der Waals surface area contributed by atoms with Crippen LogP contribution in [0.15, 0.2) is 40.2 Å². The average molecular weight is 261 g/mol. The Hall–Kier alpha value is -1.73. The fraction of sp³-hybridized carbons (Fsp3) is 0.357. The molecule has 0 unspecified atom stereocenters. The zero-order valence-electron chi connectivity index (χ0n) is 11.6. The van der Waals surface area contributed by atoms with Crippen LogP contribution >= 0.6 is 11.3 Å². The van der Waals surface area contributed by atoms with E-state index in [1.54, 1.807) is 6.07 Å². The van der Waals surface area contributed by atoms with Crippen molar-refractivity contribution in [3.05, 3.63) is 40.4 Å². The Labute approximate surface area is 113 Å². The van der Waals surface area contributed by atoms with E-state index >= 15 is 0 Å². The van der Waals surface area contributed by atoms with Gasteiger partial charge in [-0.15, -0.1) is 16.5 Å². The van der Waals surface area contributed by atoms with Crippen LogP contribution in [-0.4, -0.2) is 0 Å². The third kappa shape index (κ3) is 5.55. The predicted molar refractivity (Wildman–Crippen MR) is 78.2 cm³/mol. The molecule has 1 aromatic heterocycles. The number of hydrogen-bond acceptors (Lipinski definition) is 4. The fourth-order valence-electron chi connectivity index (χ4n) is 1.02. The van der Waals surface area contributed by atoms with E-state index in [2.05, 4.69) is 16.3 Å². The van der Waals surface area contributed by atoms with Gasteiger partial charge in [-0.3, -0.25) is 0 Å². The van der Waals surface area contributed by atoms with Gasteiger partial charge in [0.25, 0.3) is 0 Å². The molecule has 0 aromatic carbocycles. The van der Waals surface area contributed by atoms with Crippen molar-refractivity contribution in [3.63, 3.8) is 0 Å². The van der Waals surface area contributed by atoms with Crippen molar-refractivity contribution in [1.82, 2.24) is 0 Å². The number of nitriles is 1. The van der Waals surface area contributed by atoms with E-state index in [4.69, 9.17) is 5.26 Å². The minimum absolute atomic E-state index is 0.675. The van der Waals surface area contributed by atoms with E-state index in [0.717, 1.165) is 15.6 Å². The highest BCUT2D eigenvalue weighted by Gasteiger charge is 2.03. The Morgan fingerprint density at radius 1 is 1.44 bits per heavy atom. The monoisotopic (exact) mass is 261 g/mol. The first-order chi connectivity index (χ1) is 8.67. The number of thiophene rings is 1. The Bertz CT molecular complexity index is 488. The van der Waals surface area contributed by atoms with Crippen LogP contribution in [0.25, 0.3) is 0 Å². The van der Waals surface area contributed by atoms with Gasteiger partial charge in [-0.2, -0.15) is 10.4 Å². The van der Waals surface area contributed by atoms with Crippen LogP contribution in [0.1, 0.15) is 38.1 Å². The van der Waals surface area contributed by atoms with E-state index in [-0.39, 0.29) is 0 Å². The van der Waals surface area contributed by atoms with Gasteiger partial charge in [0.15, 0.2) is 0 Å². The second-order valence-corrected chi connectivity index (χ2v) is 4.43. The number of rotatable bonds is 3. The lowest BCUT2D eigenvalue weighted by atomic mass is 10.3. The lowest BCUT2D eigenvalue weighted by molar-refractivity contribution is 1.14. The van der Waals surface area contributed by atoms with Crippen LogP contribution < -0.4 is 0 Å². The maximum Gasteiger partial charge on any atom is 0.140 e. The van der Waals surface area contributed by atoms with E-state index in [1.807, 2.05) is 52.8 Å². The maximum atomic E-state index is 8.79. The van der Waals surface area contributed by atoms with Crippen molar-refractivity contribution in [2.75, 3.05) is 0 Å². The van der Waals surface area contributed by atoms with Crippen LogP contribution in [0.2, 0.25) is 0 Å². The smallest absolute Gasteiger partial charge is 0.140 e. The largest absolute Gasteiger partial charge is 0.192 e. The summed E-state index contributed by atoms with van der Waals surface area (Å²) in [5.41, 5.74) is 1.51. The molecule has 1 rings (SSSR count). The molecule has 0 atom stereocenters. The first kappa shape index (κ1) is 16.3. The third-order valence-corrected chi connectivity index (χ3v) is 2.80. The van der Waals surface area contributed by atoms with Crippen molar-refractivity contribution in [3.8, 4) is 6.07 Å². The van der Waals surface area contributed by atoms with Gasteiger partial charge in [0.05, 0.1) is 11.3 Å². The summed E-state index contributed by atoms with van der Waals surface area (Å²) in [7, 11) is 0. The van der Waals surface area contributed by atoms with Gasteiger partial charge in [0.1, 0.15) is 11.1 Å². The Balaban J connectivity index is 0.00000137. The first-order valence-corrected chi connectivity index (χ1v) is 6.71. The van der Waals surface area contributed by atoms with E-state index in [1.165, 1.54) is 11.3 Å². The summed E-state index contributed by atoms with van der Waals surface area (Å²) >= 11 is 1.48. The van der Waals surface area contributed by atoms with Gasteiger partial charge in [0.2, 0.25) is 0 Å². The summed E-state index contributed by atoms with van der Waals surface area (Å²) in [6.07, 6.45) is 5.73. The molecule has 0 N–H and O–H groups in total. The average Bonchev–Trinajstić information content (AvgIpc) is 2.76. The molecule has 0 aliphatic rings. The summed E-state index contributed by atoms with van der Waals surface area (Å²) in [6.45, 7) is 9.74. The molecular weight excluding hydrogens is 242 g/mol. The highest BCUT2D eigenvalue weighted by atomic mass is 32.1. The van der Waals surface area contributed by atoms with E-state index in [9.17, 15) is 0 Å². The molecule has 0 saturated heterocycles. The molecule has 4 heteroatoms. The molecule has 96 valence electrons. The standard InChI is InChI=1S/C12H13N3S.C2H6/c1-4-5-6-9(2)14-15-12-7-11(8-13)10(3)16-12;1-2/h4-7H,1-3H3;1-2H3/b5-4-,9-6+,15-14?;. The third-order valence-electron chi connectivity index (χ3n) is 1.86. The summed E-state index contributed by atoms with van der Waals surface area (Å²) in [6, 6.07) is 3.88. The summed E-state index contributed by atoms with van der Waals surface area (Å²) in [5, 5.41) is 17.7. The van der Waals surface area contributed by atoms with Gasteiger partial charge in [0, 0.05) is 4.88 Å². The molecule has 0 fully saturated rings. The van der Waals surface area contributed by atoms with Crippen molar-refractivity contribution < 1.29 is 0 Å². The van der Waals surface area contributed by atoms with E-state index < -0.39 is 0 Å². The lowest BCUT2D eigenvalue weighted by Crippen LogP contribution is -1.66. The molecule has 0 radical (unpaired) electrons. The second kappa shape index (κ2) is 9.32. The zero-order valence-corrected chi connectivity index (χ0v) is 12.4. The van der Waals surface area contributed by atoms with Crippen molar-refractivity contribution in [2.45, 2.75) is 34.6 Å². The molecule has 0 aliphatic heterocycles. The molecule has 0 spiro atoms. The lowest BCUT2D eigenvalue weighted by Gasteiger charge is -1.86. The highest BCUT2D eigenvalue weighted by molar-refractivity contribution is 7.15. The molecule has 0 aliphatic carbocycles. The van der Waals surface area contributed by atoms with Crippen molar-refractivity contribution >= 4 is 16.3 Å². The summed E-state index contributed by atoms with van der Waals surface area (Å²) < 4.78 is 0. The van der Waals surface area contributed by atoms with Gasteiger partial charge < -0.3 is 0 Å². The Kier molecular flexibility index (Phi) is 8.42.